The number of carbonyl (C=O) groups excluding carboxylic acids is 2. The topological polar surface area (TPSA) is 74.8 Å². The van der Waals surface area contributed by atoms with Crippen LogP contribution in [0.25, 0.3) is 0 Å². The number of amides is 2. The first-order valence-corrected chi connectivity index (χ1v) is 12.5. The molecule has 0 aliphatic carbocycles. The molecule has 3 heterocycles. The van der Waals surface area contributed by atoms with Crippen molar-refractivity contribution in [2.75, 3.05) is 37.7 Å². The Hall–Kier alpha value is -3.09. The molecule has 0 unspecified atom stereocenters. The number of nitrogens with zero attached hydrogens (tertiary/aromatic N) is 3. The summed E-state index contributed by atoms with van der Waals surface area (Å²) in [5.41, 5.74) is 1.01. The van der Waals surface area contributed by atoms with Gasteiger partial charge in [0.05, 0.1) is 13.0 Å². The van der Waals surface area contributed by atoms with Crippen LogP contribution in [0.3, 0.4) is 0 Å². The van der Waals surface area contributed by atoms with Crippen LogP contribution in [0.2, 0.25) is 0 Å². The summed E-state index contributed by atoms with van der Waals surface area (Å²) in [6.45, 7) is 6.52. The number of hydrogen-bond acceptors (Lipinski definition) is 5. The molecule has 2 aromatic rings. The Morgan fingerprint density at radius 1 is 1.00 bits per heavy atom. The molecule has 1 aromatic heterocycles. The molecule has 1 N–H and O–H groups in total. The zero-order valence-electron chi connectivity index (χ0n) is 20.1. The van der Waals surface area contributed by atoms with Crippen LogP contribution in [0.15, 0.2) is 48.7 Å². The van der Waals surface area contributed by atoms with E-state index in [-0.39, 0.29) is 17.7 Å². The molecular weight excluding hydrogens is 428 g/mol. The summed E-state index contributed by atoms with van der Waals surface area (Å²) in [5.74, 6) is 2.69. The first-order chi connectivity index (χ1) is 16.6. The zero-order chi connectivity index (χ0) is 23.8. The van der Waals surface area contributed by atoms with Gasteiger partial charge in [-0.3, -0.25) is 9.59 Å². The van der Waals surface area contributed by atoms with Gasteiger partial charge in [-0.2, -0.15) is 0 Å². The number of hydrogen-bond donors (Lipinski definition) is 1. The second-order valence-corrected chi connectivity index (χ2v) is 9.48. The second-order valence-electron chi connectivity index (χ2n) is 9.48. The molecule has 0 atom stereocenters. The van der Waals surface area contributed by atoms with Crippen molar-refractivity contribution in [2.45, 2.75) is 45.6 Å². The minimum Gasteiger partial charge on any atom is -0.493 e. The van der Waals surface area contributed by atoms with Crippen molar-refractivity contribution in [2.24, 2.45) is 11.8 Å². The van der Waals surface area contributed by atoms with E-state index in [9.17, 15) is 9.59 Å². The van der Waals surface area contributed by atoms with Crippen molar-refractivity contribution in [3.8, 4) is 5.75 Å². The van der Waals surface area contributed by atoms with Gasteiger partial charge in [0.25, 0.3) is 0 Å². The molecule has 1 aromatic carbocycles. The van der Waals surface area contributed by atoms with Gasteiger partial charge in [-0.05, 0) is 55.4 Å². The van der Waals surface area contributed by atoms with Crippen molar-refractivity contribution in [3.63, 3.8) is 0 Å². The van der Waals surface area contributed by atoms with Gasteiger partial charge in [0.15, 0.2) is 0 Å². The van der Waals surface area contributed by atoms with Crippen LogP contribution in [-0.4, -0.2) is 54.5 Å². The van der Waals surface area contributed by atoms with E-state index in [2.05, 4.69) is 34.3 Å². The third-order valence-electron chi connectivity index (χ3n) is 6.93. The Balaban J connectivity index is 1.14. The highest BCUT2D eigenvalue weighted by molar-refractivity contribution is 5.80. The highest BCUT2D eigenvalue weighted by Gasteiger charge is 2.27. The minimum atomic E-state index is -0.0489. The average Bonchev–Trinajstić information content (AvgIpc) is 2.89. The Morgan fingerprint density at radius 3 is 2.41 bits per heavy atom. The van der Waals surface area contributed by atoms with E-state index in [0.717, 1.165) is 36.1 Å². The van der Waals surface area contributed by atoms with Gasteiger partial charge in [0.2, 0.25) is 11.8 Å². The molecule has 2 fully saturated rings. The number of rotatable bonds is 8. The fourth-order valence-electron chi connectivity index (χ4n) is 4.60. The lowest BCUT2D eigenvalue weighted by Crippen LogP contribution is -2.43. The number of benzene rings is 1. The Bertz CT molecular complexity index is 919. The lowest BCUT2D eigenvalue weighted by atomic mass is 9.95. The first kappa shape index (κ1) is 24.0. The molecule has 0 bridgehead atoms. The average molecular weight is 465 g/mol. The summed E-state index contributed by atoms with van der Waals surface area (Å²) >= 11 is 0. The number of aromatic nitrogens is 1. The molecule has 0 spiro atoms. The molecule has 34 heavy (non-hydrogen) atoms. The molecule has 4 rings (SSSR count). The summed E-state index contributed by atoms with van der Waals surface area (Å²) in [6, 6.07) is 13.6. The predicted octanol–water partition coefficient (Wildman–Crippen LogP) is 3.64. The van der Waals surface area contributed by atoms with Crippen LogP contribution in [-0.2, 0) is 16.1 Å². The van der Waals surface area contributed by atoms with Gasteiger partial charge < -0.3 is 19.9 Å². The Morgan fingerprint density at radius 2 is 1.74 bits per heavy atom. The maximum Gasteiger partial charge on any atom is 0.225 e. The predicted molar refractivity (Wildman–Crippen MR) is 133 cm³/mol. The molecule has 2 aliphatic rings. The fraction of sp³-hybridized carbons (Fsp3) is 0.519. The molecule has 7 heteroatoms. The summed E-state index contributed by atoms with van der Waals surface area (Å²) < 4.78 is 5.63. The highest BCUT2D eigenvalue weighted by Crippen LogP contribution is 2.22. The number of ether oxygens (including phenoxy) is 1. The van der Waals surface area contributed by atoms with Crippen molar-refractivity contribution in [1.82, 2.24) is 15.2 Å². The molecule has 2 saturated heterocycles. The number of pyridine rings is 1. The Kier molecular flexibility index (Phi) is 8.39. The van der Waals surface area contributed by atoms with Crippen molar-refractivity contribution in [1.29, 1.82) is 0 Å². The number of para-hydroxylation sites is 1. The summed E-state index contributed by atoms with van der Waals surface area (Å²) in [7, 11) is 0. The van der Waals surface area contributed by atoms with E-state index in [1.807, 2.05) is 41.4 Å². The van der Waals surface area contributed by atoms with Gasteiger partial charge in [-0.25, -0.2) is 4.98 Å². The standard InChI is InChI=1S/C27H36N4O3/c1-21-9-14-30(15-10-21)25-8-7-22(19-28-25)20-29-27(33)23-11-16-31(17-12-23)26(32)13-18-34-24-5-3-2-4-6-24/h2-8,19,21,23H,9-18,20H2,1H3,(H,29,33). The Labute approximate surface area is 202 Å². The summed E-state index contributed by atoms with van der Waals surface area (Å²) in [4.78, 5) is 33.9. The first-order valence-electron chi connectivity index (χ1n) is 12.5. The number of carbonyl (C=O) groups is 2. The monoisotopic (exact) mass is 464 g/mol. The third kappa shape index (κ3) is 6.72. The molecule has 182 valence electrons. The van der Waals surface area contributed by atoms with Crippen molar-refractivity contribution < 1.29 is 14.3 Å². The van der Waals surface area contributed by atoms with Crippen LogP contribution < -0.4 is 15.0 Å². The molecule has 2 aliphatic heterocycles. The lowest BCUT2D eigenvalue weighted by molar-refractivity contribution is -0.136. The van der Waals surface area contributed by atoms with Gasteiger partial charge >= 0.3 is 0 Å². The lowest BCUT2D eigenvalue weighted by Gasteiger charge is -2.31. The molecule has 0 radical (unpaired) electrons. The van der Waals surface area contributed by atoms with E-state index >= 15 is 0 Å². The van der Waals surface area contributed by atoms with Crippen LogP contribution in [0, 0.1) is 11.8 Å². The number of nitrogens with one attached hydrogen (secondary N) is 1. The molecule has 0 saturated carbocycles. The molecular formula is C27H36N4O3. The number of likely N-dealkylation sites (tertiary alicyclic amines) is 1. The SMILES string of the molecule is CC1CCN(c2ccc(CNC(=O)C3CCN(C(=O)CCOc4ccccc4)CC3)cn2)CC1. The van der Waals surface area contributed by atoms with Crippen LogP contribution in [0.1, 0.15) is 44.6 Å². The van der Waals surface area contributed by atoms with Crippen LogP contribution >= 0.6 is 0 Å². The maximum atomic E-state index is 12.7. The number of piperidine rings is 2. The molecule has 7 nitrogen and oxygen atoms in total. The highest BCUT2D eigenvalue weighted by atomic mass is 16.5. The van der Waals surface area contributed by atoms with Crippen LogP contribution in [0.5, 0.6) is 5.75 Å². The summed E-state index contributed by atoms with van der Waals surface area (Å²) in [5, 5.41) is 3.05. The minimum absolute atomic E-state index is 0.0489. The second kappa shape index (κ2) is 11.9. The number of anilines is 1. The van der Waals surface area contributed by atoms with Gasteiger partial charge in [0.1, 0.15) is 11.6 Å². The largest absolute Gasteiger partial charge is 0.493 e. The van der Waals surface area contributed by atoms with Crippen molar-refractivity contribution in [3.05, 3.63) is 54.2 Å². The van der Waals surface area contributed by atoms with E-state index in [1.165, 1.54) is 12.8 Å². The van der Waals surface area contributed by atoms with E-state index in [4.69, 9.17) is 4.74 Å². The quantitative estimate of drug-likeness (QED) is 0.646. The summed E-state index contributed by atoms with van der Waals surface area (Å²) in [6.07, 6.45) is 6.04. The maximum absolute atomic E-state index is 12.7. The van der Waals surface area contributed by atoms with E-state index in [1.54, 1.807) is 0 Å². The van der Waals surface area contributed by atoms with E-state index in [0.29, 0.717) is 45.5 Å². The fourth-order valence-corrected chi connectivity index (χ4v) is 4.60. The zero-order valence-corrected chi connectivity index (χ0v) is 20.1. The third-order valence-corrected chi connectivity index (χ3v) is 6.93. The molecule has 2 amide bonds. The van der Waals surface area contributed by atoms with Crippen LogP contribution in [0.4, 0.5) is 5.82 Å². The van der Waals surface area contributed by atoms with Crippen molar-refractivity contribution >= 4 is 17.6 Å². The smallest absolute Gasteiger partial charge is 0.225 e. The van der Waals surface area contributed by atoms with E-state index < -0.39 is 0 Å². The van der Waals surface area contributed by atoms with Gasteiger partial charge in [0, 0.05) is 44.8 Å². The van der Waals surface area contributed by atoms with Gasteiger partial charge in [-0.15, -0.1) is 0 Å². The normalized spacial score (nSPS) is 17.4. The van der Waals surface area contributed by atoms with Gasteiger partial charge in [-0.1, -0.05) is 31.2 Å².